The zero-order valence-electron chi connectivity index (χ0n) is 20.1. The van der Waals surface area contributed by atoms with Gasteiger partial charge in [-0.15, -0.1) is 0 Å². The van der Waals surface area contributed by atoms with Crippen molar-refractivity contribution in [3.05, 3.63) is 101 Å². The molecular weight excluding hydrogens is 440 g/mol. The molecule has 7 heteroatoms. The minimum Gasteiger partial charge on any atom is -0.497 e. The van der Waals surface area contributed by atoms with Gasteiger partial charge in [-0.1, -0.05) is 41.6 Å². The van der Waals surface area contributed by atoms with Crippen LogP contribution < -0.4 is 15.0 Å². The van der Waals surface area contributed by atoms with Crippen LogP contribution in [0.15, 0.2) is 83.0 Å². The molecule has 1 aliphatic heterocycles. The quantitative estimate of drug-likeness (QED) is 0.386. The van der Waals surface area contributed by atoms with Gasteiger partial charge in [-0.25, -0.2) is 4.79 Å². The molecule has 1 aromatic heterocycles. The number of allylic oxidation sites excluding steroid dienone is 1. The largest absolute Gasteiger partial charge is 0.497 e. The third-order valence-corrected chi connectivity index (χ3v) is 6.09. The van der Waals surface area contributed by atoms with Crippen LogP contribution in [-0.2, 0) is 0 Å². The molecule has 1 aliphatic rings. The van der Waals surface area contributed by atoms with Gasteiger partial charge in [-0.3, -0.25) is 4.90 Å². The summed E-state index contributed by atoms with van der Waals surface area (Å²) in [6.45, 7) is 5.95. The van der Waals surface area contributed by atoms with Crippen molar-refractivity contribution in [1.29, 1.82) is 0 Å². The Labute approximate surface area is 204 Å². The van der Waals surface area contributed by atoms with Crippen molar-refractivity contribution in [3.8, 4) is 17.1 Å². The minimum absolute atomic E-state index is 0.208. The van der Waals surface area contributed by atoms with Gasteiger partial charge in [-0.2, -0.15) is 4.98 Å². The highest BCUT2D eigenvalue weighted by Crippen LogP contribution is 2.39. The second-order valence-corrected chi connectivity index (χ2v) is 8.63. The fourth-order valence-corrected chi connectivity index (χ4v) is 4.50. The maximum Gasteiger partial charge on any atom is 0.326 e. The normalized spacial score (nSPS) is 15.8. The number of ether oxygens (including phenoxy) is 1. The maximum atomic E-state index is 13.4. The molecule has 2 amide bonds. The van der Waals surface area contributed by atoms with E-state index in [1.807, 2.05) is 87.5 Å². The lowest BCUT2D eigenvalue weighted by Crippen LogP contribution is -2.46. The Morgan fingerprint density at radius 1 is 0.943 bits per heavy atom. The lowest BCUT2D eigenvalue weighted by Gasteiger charge is -2.35. The molecule has 1 unspecified atom stereocenters. The fourth-order valence-electron chi connectivity index (χ4n) is 4.50. The summed E-state index contributed by atoms with van der Waals surface area (Å²) in [5, 5.41) is 7.38. The Balaban J connectivity index is 1.64. The number of methoxy groups -OCH3 is 1. The number of hydrogen-bond acceptors (Lipinski definition) is 5. The highest BCUT2D eigenvalue weighted by molar-refractivity contribution is 6.01. The van der Waals surface area contributed by atoms with Crippen molar-refractivity contribution in [2.45, 2.75) is 26.8 Å². The molecule has 176 valence electrons. The van der Waals surface area contributed by atoms with E-state index in [4.69, 9.17) is 14.2 Å². The van der Waals surface area contributed by atoms with E-state index in [9.17, 15) is 4.79 Å². The standard InChI is InChI=1S/C28H26N4O3/c1-17-14-18(2)16-22(15-17)32-19(3)24(25(29-28(32)33)20-8-6-5-7-9-20)27-30-26(31-35-27)21-10-12-23(34-4)13-11-21/h5-16,25H,1-4H3,(H,29,33). The molecule has 3 aromatic carbocycles. The summed E-state index contributed by atoms with van der Waals surface area (Å²) >= 11 is 0. The number of benzene rings is 3. The number of aryl methyl sites for hydroxylation is 2. The first-order chi connectivity index (χ1) is 16.9. The maximum absolute atomic E-state index is 13.4. The summed E-state index contributed by atoms with van der Waals surface area (Å²) in [7, 11) is 1.62. The van der Waals surface area contributed by atoms with Crippen molar-refractivity contribution >= 4 is 17.3 Å². The second kappa shape index (κ2) is 9.10. The highest BCUT2D eigenvalue weighted by Gasteiger charge is 2.36. The van der Waals surface area contributed by atoms with Crippen molar-refractivity contribution in [1.82, 2.24) is 15.5 Å². The molecule has 7 nitrogen and oxygen atoms in total. The SMILES string of the molecule is COc1ccc(-c2noc(C3=C(C)N(c4cc(C)cc(C)c4)C(=O)NC3c3ccccc3)n2)cc1. The summed E-state index contributed by atoms with van der Waals surface area (Å²) in [5.41, 5.74) is 6.16. The molecule has 0 spiro atoms. The first kappa shape index (κ1) is 22.4. The number of hydrogen-bond donors (Lipinski definition) is 1. The number of amides is 2. The summed E-state index contributed by atoms with van der Waals surface area (Å²) in [5.74, 6) is 1.57. The molecule has 0 saturated carbocycles. The van der Waals surface area contributed by atoms with Crippen LogP contribution in [0.1, 0.15) is 35.5 Å². The molecule has 4 aromatic rings. The van der Waals surface area contributed by atoms with Gasteiger partial charge in [0.1, 0.15) is 5.75 Å². The molecular formula is C28H26N4O3. The van der Waals surface area contributed by atoms with E-state index in [0.29, 0.717) is 11.7 Å². The summed E-state index contributed by atoms with van der Waals surface area (Å²) in [6, 6.07) is 22.7. The van der Waals surface area contributed by atoms with Gasteiger partial charge >= 0.3 is 6.03 Å². The first-order valence-corrected chi connectivity index (χ1v) is 11.4. The molecule has 0 radical (unpaired) electrons. The number of carbonyl (C=O) groups is 1. The van der Waals surface area contributed by atoms with Gasteiger partial charge in [-0.05, 0) is 73.9 Å². The Kier molecular flexibility index (Phi) is 5.82. The van der Waals surface area contributed by atoms with Gasteiger partial charge in [0.25, 0.3) is 5.89 Å². The van der Waals surface area contributed by atoms with E-state index >= 15 is 0 Å². The number of nitrogens with one attached hydrogen (secondary N) is 1. The third kappa shape index (κ3) is 4.28. The highest BCUT2D eigenvalue weighted by atomic mass is 16.5. The van der Waals surface area contributed by atoms with Gasteiger partial charge in [0.05, 0.1) is 24.4 Å². The van der Waals surface area contributed by atoms with Crippen molar-refractivity contribution < 1.29 is 14.1 Å². The van der Waals surface area contributed by atoms with Crippen LogP contribution in [0, 0.1) is 13.8 Å². The molecule has 1 N–H and O–H groups in total. The van der Waals surface area contributed by atoms with Gasteiger partial charge < -0.3 is 14.6 Å². The molecule has 35 heavy (non-hydrogen) atoms. The molecule has 0 saturated heterocycles. The van der Waals surface area contributed by atoms with E-state index in [1.54, 1.807) is 12.0 Å². The molecule has 2 heterocycles. The topological polar surface area (TPSA) is 80.5 Å². The van der Waals surface area contributed by atoms with Crippen LogP contribution >= 0.6 is 0 Å². The van der Waals surface area contributed by atoms with Crippen LogP contribution in [0.25, 0.3) is 17.0 Å². The van der Waals surface area contributed by atoms with Gasteiger partial charge in [0.2, 0.25) is 5.82 Å². The number of anilines is 1. The second-order valence-electron chi connectivity index (χ2n) is 8.63. The zero-order chi connectivity index (χ0) is 24.5. The third-order valence-electron chi connectivity index (χ3n) is 6.09. The number of nitrogens with zero attached hydrogens (tertiary/aromatic N) is 3. The number of rotatable bonds is 5. The molecule has 0 bridgehead atoms. The first-order valence-electron chi connectivity index (χ1n) is 11.4. The number of urea groups is 1. The van der Waals surface area contributed by atoms with Crippen LogP contribution in [0.2, 0.25) is 0 Å². The molecule has 0 fully saturated rings. The lowest BCUT2D eigenvalue weighted by molar-refractivity contribution is 0.244. The van der Waals surface area contributed by atoms with Crippen LogP contribution in [0.4, 0.5) is 10.5 Å². The molecule has 0 aliphatic carbocycles. The minimum atomic E-state index is -0.435. The zero-order valence-corrected chi connectivity index (χ0v) is 20.1. The summed E-state index contributed by atoms with van der Waals surface area (Å²) in [4.78, 5) is 19.8. The monoisotopic (exact) mass is 466 g/mol. The van der Waals surface area contributed by atoms with E-state index in [0.717, 1.165) is 45.0 Å². The Morgan fingerprint density at radius 3 is 2.29 bits per heavy atom. The Bertz CT molecular complexity index is 1390. The average Bonchev–Trinajstić information content (AvgIpc) is 3.33. The van der Waals surface area contributed by atoms with Crippen molar-refractivity contribution in [2.24, 2.45) is 0 Å². The molecule has 5 rings (SSSR count). The van der Waals surface area contributed by atoms with E-state index in [2.05, 4.69) is 16.5 Å². The van der Waals surface area contributed by atoms with E-state index in [-0.39, 0.29) is 6.03 Å². The average molecular weight is 467 g/mol. The van der Waals surface area contributed by atoms with Crippen LogP contribution in [0.3, 0.4) is 0 Å². The smallest absolute Gasteiger partial charge is 0.326 e. The lowest BCUT2D eigenvalue weighted by atomic mass is 9.94. The van der Waals surface area contributed by atoms with Crippen LogP contribution in [0.5, 0.6) is 5.75 Å². The Hall–Kier alpha value is -4.39. The number of aromatic nitrogens is 2. The van der Waals surface area contributed by atoms with Gasteiger partial charge in [0.15, 0.2) is 0 Å². The van der Waals surface area contributed by atoms with E-state index < -0.39 is 6.04 Å². The predicted octanol–water partition coefficient (Wildman–Crippen LogP) is 6.06. The van der Waals surface area contributed by atoms with Crippen molar-refractivity contribution in [3.63, 3.8) is 0 Å². The fraction of sp³-hybridized carbons (Fsp3) is 0.179. The van der Waals surface area contributed by atoms with Crippen molar-refractivity contribution in [2.75, 3.05) is 12.0 Å². The number of carbonyl (C=O) groups excluding carboxylic acids is 1. The summed E-state index contributed by atoms with van der Waals surface area (Å²) < 4.78 is 11.0. The predicted molar refractivity (Wildman–Crippen MR) is 135 cm³/mol. The Morgan fingerprint density at radius 2 is 1.63 bits per heavy atom. The molecule has 1 atom stereocenters. The van der Waals surface area contributed by atoms with Gasteiger partial charge in [0, 0.05) is 11.3 Å². The summed E-state index contributed by atoms with van der Waals surface area (Å²) in [6.07, 6.45) is 0. The van der Waals surface area contributed by atoms with E-state index in [1.165, 1.54) is 0 Å². The van der Waals surface area contributed by atoms with Crippen LogP contribution in [-0.4, -0.2) is 23.3 Å².